The fourth-order valence-corrected chi connectivity index (χ4v) is 5.41. The largest absolute Gasteiger partial charge is 0.296 e. The SMILES string of the molecule is CCSc1nnc(NC(=O)c2cc3c(s2)CC[C@@H](CC)C3)s1. The van der Waals surface area contributed by atoms with Crippen molar-refractivity contribution >= 4 is 45.5 Å². The van der Waals surface area contributed by atoms with E-state index in [0.29, 0.717) is 5.13 Å². The summed E-state index contributed by atoms with van der Waals surface area (Å²) in [5.74, 6) is 1.67. The van der Waals surface area contributed by atoms with Crippen LogP contribution in [0.25, 0.3) is 0 Å². The second kappa shape index (κ2) is 7.10. The van der Waals surface area contributed by atoms with Gasteiger partial charge in [0.2, 0.25) is 5.13 Å². The molecule has 4 nitrogen and oxygen atoms in total. The average molecular weight is 354 g/mol. The number of aromatic nitrogens is 2. The maximum atomic E-state index is 12.4. The highest BCUT2D eigenvalue weighted by Gasteiger charge is 2.22. The quantitative estimate of drug-likeness (QED) is 0.636. The minimum Gasteiger partial charge on any atom is -0.296 e. The summed E-state index contributed by atoms with van der Waals surface area (Å²) >= 11 is 4.70. The lowest BCUT2D eigenvalue weighted by atomic mass is 9.87. The van der Waals surface area contributed by atoms with Crippen LogP contribution >= 0.6 is 34.4 Å². The van der Waals surface area contributed by atoms with E-state index in [1.165, 1.54) is 34.6 Å². The molecule has 0 aliphatic heterocycles. The molecule has 1 atom stereocenters. The summed E-state index contributed by atoms with van der Waals surface area (Å²) in [5, 5.41) is 11.5. The van der Waals surface area contributed by atoms with E-state index < -0.39 is 0 Å². The van der Waals surface area contributed by atoms with Crippen molar-refractivity contribution in [1.82, 2.24) is 10.2 Å². The zero-order valence-electron chi connectivity index (χ0n) is 12.7. The fraction of sp³-hybridized carbons (Fsp3) is 0.533. The fourth-order valence-electron chi connectivity index (χ4n) is 2.66. The Morgan fingerprint density at radius 3 is 3.05 bits per heavy atom. The monoisotopic (exact) mass is 353 g/mol. The van der Waals surface area contributed by atoms with Gasteiger partial charge in [-0.05, 0) is 42.6 Å². The number of hydrogen-bond acceptors (Lipinski definition) is 6. The number of thiophene rings is 1. The average Bonchev–Trinajstić information content (AvgIpc) is 3.13. The van der Waals surface area contributed by atoms with Gasteiger partial charge in [0.15, 0.2) is 4.34 Å². The molecular weight excluding hydrogens is 334 g/mol. The molecule has 0 unspecified atom stereocenters. The van der Waals surface area contributed by atoms with E-state index in [-0.39, 0.29) is 5.91 Å². The second-order valence-electron chi connectivity index (χ2n) is 5.34. The van der Waals surface area contributed by atoms with Crippen molar-refractivity contribution in [3.05, 3.63) is 21.4 Å². The van der Waals surface area contributed by atoms with Gasteiger partial charge in [0, 0.05) is 4.88 Å². The van der Waals surface area contributed by atoms with E-state index in [1.54, 1.807) is 23.1 Å². The van der Waals surface area contributed by atoms with Crippen LogP contribution in [0, 0.1) is 5.92 Å². The molecule has 1 N–H and O–H groups in total. The highest BCUT2D eigenvalue weighted by molar-refractivity contribution is 8.01. The van der Waals surface area contributed by atoms with Gasteiger partial charge in [-0.15, -0.1) is 21.5 Å². The van der Waals surface area contributed by atoms with E-state index in [4.69, 9.17) is 0 Å². The molecular formula is C15H19N3OS3. The van der Waals surface area contributed by atoms with Crippen LogP contribution in [0.1, 0.15) is 46.8 Å². The van der Waals surface area contributed by atoms with E-state index in [2.05, 4.69) is 35.4 Å². The van der Waals surface area contributed by atoms with Gasteiger partial charge in [0.25, 0.3) is 5.91 Å². The van der Waals surface area contributed by atoms with Crippen molar-refractivity contribution in [2.24, 2.45) is 5.92 Å². The first kappa shape index (κ1) is 16.0. The molecule has 2 aromatic heterocycles. The molecule has 0 saturated carbocycles. The number of nitrogens with one attached hydrogen (secondary N) is 1. The first-order chi connectivity index (χ1) is 10.7. The summed E-state index contributed by atoms with van der Waals surface area (Å²) in [6.45, 7) is 4.32. The Hall–Kier alpha value is -0.920. The Balaban J connectivity index is 1.69. The smallest absolute Gasteiger partial charge is 0.267 e. The lowest BCUT2D eigenvalue weighted by Gasteiger charge is -2.19. The predicted molar refractivity (Wildman–Crippen MR) is 94.4 cm³/mol. The molecule has 7 heteroatoms. The Morgan fingerprint density at radius 2 is 2.27 bits per heavy atom. The highest BCUT2D eigenvalue weighted by Crippen LogP contribution is 2.34. The third-order valence-corrected chi connectivity index (χ3v) is 6.97. The second-order valence-corrected chi connectivity index (χ2v) is 8.96. The maximum absolute atomic E-state index is 12.4. The van der Waals surface area contributed by atoms with Crippen LogP contribution in [-0.4, -0.2) is 21.9 Å². The van der Waals surface area contributed by atoms with Crippen molar-refractivity contribution < 1.29 is 4.79 Å². The van der Waals surface area contributed by atoms with Gasteiger partial charge in [0.05, 0.1) is 4.88 Å². The normalized spacial score (nSPS) is 17.3. The Bertz CT molecular complexity index is 665. The summed E-state index contributed by atoms with van der Waals surface area (Å²) in [4.78, 5) is 14.6. The van der Waals surface area contributed by atoms with Crippen LogP contribution in [0.2, 0.25) is 0 Å². The van der Waals surface area contributed by atoms with Crippen molar-refractivity contribution in [2.45, 2.75) is 43.9 Å². The summed E-state index contributed by atoms with van der Waals surface area (Å²) < 4.78 is 0.897. The Kier molecular flexibility index (Phi) is 5.15. The summed E-state index contributed by atoms with van der Waals surface area (Å²) in [6, 6.07) is 2.07. The molecule has 0 fully saturated rings. The van der Waals surface area contributed by atoms with Crippen LogP contribution in [-0.2, 0) is 12.8 Å². The Morgan fingerprint density at radius 1 is 1.41 bits per heavy atom. The van der Waals surface area contributed by atoms with Gasteiger partial charge in [-0.1, -0.05) is 43.4 Å². The number of carbonyl (C=O) groups excluding carboxylic acids is 1. The van der Waals surface area contributed by atoms with E-state index in [9.17, 15) is 4.79 Å². The minimum absolute atomic E-state index is 0.0587. The molecule has 0 bridgehead atoms. The predicted octanol–water partition coefficient (Wildman–Crippen LogP) is 4.48. The number of thioether (sulfide) groups is 1. The number of aryl methyl sites for hydroxylation is 1. The van der Waals surface area contributed by atoms with E-state index >= 15 is 0 Å². The summed E-state index contributed by atoms with van der Waals surface area (Å²) in [6.07, 6.45) is 4.70. The number of nitrogens with zero attached hydrogens (tertiary/aromatic N) is 2. The molecule has 118 valence electrons. The summed E-state index contributed by atoms with van der Waals surface area (Å²) in [7, 11) is 0. The Labute approximate surface area is 142 Å². The van der Waals surface area contributed by atoms with Crippen LogP contribution in [0.3, 0.4) is 0 Å². The van der Waals surface area contributed by atoms with Crippen molar-refractivity contribution in [3.63, 3.8) is 0 Å². The highest BCUT2D eigenvalue weighted by atomic mass is 32.2. The summed E-state index contributed by atoms with van der Waals surface area (Å²) in [5.41, 5.74) is 1.37. The number of anilines is 1. The van der Waals surface area contributed by atoms with Gasteiger partial charge in [-0.3, -0.25) is 10.1 Å². The molecule has 0 aromatic carbocycles. The van der Waals surface area contributed by atoms with Gasteiger partial charge >= 0.3 is 0 Å². The topological polar surface area (TPSA) is 54.9 Å². The molecule has 1 aliphatic carbocycles. The number of hydrogen-bond donors (Lipinski definition) is 1. The standard InChI is InChI=1S/C15H19N3OS3/c1-3-9-5-6-11-10(7-9)8-12(21-11)13(19)16-14-17-18-15(22-14)20-4-2/h8-9H,3-7H2,1-2H3,(H,16,17,19)/t9-/m1/s1. The lowest BCUT2D eigenvalue weighted by Crippen LogP contribution is -2.11. The van der Waals surface area contributed by atoms with Gasteiger partial charge in [0.1, 0.15) is 0 Å². The molecule has 2 aromatic rings. The molecule has 1 amide bonds. The van der Waals surface area contributed by atoms with Crippen LogP contribution in [0.4, 0.5) is 5.13 Å². The molecule has 3 rings (SSSR count). The number of carbonyl (C=O) groups is 1. The molecule has 0 spiro atoms. The number of fused-ring (bicyclic) bond motifs is 1. The van der Waals surface area contributed by atoms with Gasteiger partial charge in [-0.2, -0.15) is 0 Å². The van der Waals surface area contributed by atoms with Crippen molar-refractivity contribution in [2.75, 3.05) is 11.1 Å². The first-order valence-corrected chi connectivity index (χ1v) is 10.2. The zero-order valence-corrected chi connectivity index (χ0v) is 15.2. The molecule has 0 saturated heterocycles. The molecule has 0 radical (unpaired) electrons. The van der Waals surface area contributed by atoms with E-state index in [0.717, 1.165) is 33.7 Å². The molecule has 2 heterocycles. The molecule has 1 aliphatic rings. The minimum atomic E-state index is -0.0587. The third kappa shape index (κ3) is 3.52. The number of rotatable bonds is 5. The van der Waals surface area contributed by atoms with Gasteiger partial charge in [-0.25, -0.2) is 0 Å². The van der Waals surface area contributed by atoms with Crippen LogP contribution in [0.15, 0.2) is 10.4 Å². The van der Waals surface area contributed by atoms with Crippen LogP contribution in [0.5, 0.6) is 0 Å². The third-order valence-electron chi connectivity index (χ3n) is 3.88. The number of amides is 1. The maximum Gasteiger partial charge on any atom is 0.267 e. The lowest BCUT2D eigenvalue weighted by molar-refractivity contribution is 0.103. The first-order valence-electron chi connectivity index (χ1n) is 7.58. The molecule has 22 heavy (non-hydrogen) atoms. The van der Waals surface area contributed by atoms with Gasteiger partial charge < -0.3 is 0 Å². The van der Waals surface area contributed by atoms with Crippen molar-refractivity contribution in [1.29, 1.82) is 0 Å². The van der Waals surface area contributed by atoms with Crippen molar-refractivity contribution in [3.8, 4) is 0 Å². The van der Waals surface area contributed by atoms with E-state index in [1.807, 2.05) is 0 Å². The van der Waals surface area contributed by atoms with Crippen LogP contribution < -0.4 is 5.32 Å². The zero-order chi connectivity index (χ0) is 15.5.